The number of benzene rings is 3. The summed E-state index contributed by atoms with van der Waals surface area (Å²) >= 11 is 0. The molecule has 0 bridgehead atoms. The first-order valence-corrected chi connectivity index (χ1v) is 20.1. The molecule has 11 nitrogen and oxygen atoms in total. The topological polar surface area (TPSA) is 144 Å². The van der Waals surface area contributed by atoms with Crippen molar-refractivity contribution in [2.45, 2.75) is 73.4 Å². The van der Waals surface area contributed by atoms with Crippen LogP contribution >= 0.6 is 0 Å². The number of aliphatic hydroxyl groups is 1. The highest BCUT2D eigenvalue weighted by atomic mass is 32.2. The number of rotatable bonds is 16. The zero-order chi connectivity index (χ0) is 36.5. The summed E-state index contributed by atoms with van der Waals surface area (Å²) in [5.74, 6) is 0.436. The third-order valence-electron chi connectivity index (χ3n) is 10.5. The van der Waals surface area contributed by atoms with Gasteiger partial charge in [0.15, 0.2) is 0 Å². The normalized spacial score (nSPS) is 17.7. The van der Waals surface area contributed by atoms with Crippen molar-refractivity contribution in [3.63, 3.8) is 0 Å². The molecule has 4 aromatic rings. The summed E-state index contributed by atoms with van der Waals surface area (Å²) in [6.07, 6.45) is 6.53. The van der Waals surface area contributed by atoms with Crippen LogP contribution in [-0.2, 0) is 14.6 Å². The van der Waals surface area contributed by atoms with E-state index in [1.165, 1.54) is 44.2 Å². The molecule has 0 radical (unpaired) electrons. The highest BCUT2D eigenvalue weighted by Crippen LogP contribution is 2.30. The Balaban J connectivity index is 0.899. The van der Waals surface area contributed by atoms with Gasteiger partial charge >= 0.3 is 0 Å². The molecule has 12 heteroatoms. The average Bonchev–Trinajstić information content (AvgIpc) is 3.17. The molecule has 0 spiro atoms. The fourth-order valence-corrected chi connectivity index (χ4v) is 8.73. The number of pyridine rings is 1. The largest absolute Gasteiger partial charge is 0.506 e. The van der Waals surface area contributed by atoms with Gasteiger partial charge in [-0.25, -0.2) is 8.42 Å². The molecule has 0 unspecified atom stereocenters. The molecule has 3 aromatic carbocycles. The van der Waals surface area contributed by atoms with Gasteiger partial charge in [-0.2, -0.15) is 0 Å². The summed E-state index contributed by atoms with van der Waals surface area (Å²) in [4.78, 5) is 19.9. The highest BCUT2D eigenvalue weighted by Gasteiger charge is 2.28. The predicted octanol–water partition coefficient (Wildman–Crippen LogP) is 5.19. The molecule has 1 aromatic heterocycles. The number of sulfone groups is 1. The zero-order valence-electron chi connectivity index (χ0n) is 30.0. The molecule has 2 fully saturated rings. The average molecular weight is 733 g/mol. The van der Waals surface area contributed by atoms with Gasteiger partial charge in [-0.3, -0.25) is 14.6 Å². The van der Waals surface area contributed by atoms with Crippen LogP contribution in [0.15, 0.2) is 87.4 Å². The number of hydrogen-bond donors (Lipinski definition) is 4. The number of aliphatic hydroxyl groups excluding tert-OH is 1. The van der Waals surface area contributed by atoms with E-state index >= 15 is 0 Å². The first-order valence-electron chi connectivity index (χ1n) is 18.6. The van der Waals surface area contributed by atoms with E-state index in [1.54, 1.807) is 48.5 Å². The van der Waals surface area contributed by atoms with E-state index in [1.807, 2.05) is 12.1 Å². The van der Waals surface area contributed by atoms with E-state index < -0.39 is 15.9 Å². The maximum absolute atomic E-state index is 13.5. The molecular formula is C40H52N4O7S. The van der Waals surface area contributed by atoms with Crippen LogP contribution < -0.4 is 15.6 Å². The van der Waals surface area contributed by atoms with Crippen molar-refractivity contribution in [3.8, 4) is 11.5 Å². The fraction of sp³-hybridized carbons (Fsp3) is 0.475. The summed E-state index contributed by atoms with van der Waals surface area (Å²) in [5, 5.41) is 24.5. The lowest BCUT2D eigenvalue weighted by atomic mass is 9.93. The third kappa shape index (κ3) is 9.41. The zero-order valence-corrected chi connectivity index (χ0v) is 30.8. The Morgan fingerprint density at radius 3 is 2.44 bits per heavy atom. The molecule has 2 heterocycles. The molecule has 280 valence electrons. The first-order chi connectivity index (χ1) is 25.2. The van der Waals surface area contributed by atoms with Crippen LogP contribution in [0.2, 0.25) is 0 Å². The minimum atomic E-state index is -3.71. The van der Waals surface area contributed by atoms with Crippen LogP contribution in [0.1, 0.15) is 68.7 Å². The Kier molecular flexibility index (Phi) is 13.0. The van der Waals surface area contributed by atoms with Crippen molar-refractivity contribution in [1.82, 2.24) is 20.1 Å². The first kappa shape index (κ1) is 38.0. The smallest absolute Gasteiger partial charge is 0.248 e. The number of aromatic hydroxyl groups is 1. The minimum Gasteiger partial charge on any atom is -0.506 e. The molecular weight excluding hydrogens is 681 g/mol. The van der Waals surface area contributed by atoms with E-state index in [0.717, 1.165) is 37.8 Å². The fourth-order valence-electron chi connectivity index (χ4n) is 7.44. The van der Waals surface area contributed by atoms with Crippen molar-refractivity contribution >= 4 is 20.7 Å². The number of nitrogens with zero attached hydrogens (tertiary/aromatic N) is 2. The Hall–Kier alpha value is -3.78. The monoisotopic (exact) mass is 732 g/mol. The summed E-state index contributed by atoms with van der Waals surface area (Å²) in [5.41, 5.74) is 1.70. The standard InChI is InChI=1S/C40H52N4O7S/c1-29(43-20-22-44(23-21-43)31-7-3-2-4-8-31)30-11-13-33(14-12-30)52(48,49)34-10-5-9-32(27-34)51-25-6-24-50-26-19-41-28-38(46)35-15-17-37(45)40-36(35)16-18-39(47)42-40/h5,9-18,27,29,31,38,41,45-46H,2-4,6-8,19-26,28H2,1H3,(H,42,47)/t29-,38-/m0/s1. The van der Waals surface area contributed by atoms with Crippen molar-refractivity contribution in [2.75, 3.05) is 59.1 Å². The van der Waals surface area contributed by atoms with Crippen molar-refractivity contribution < 1.29 is 28.1 Å². The second kappa shape index (κ2) is 17.8. The van der Waals surface area contributed by atoms with Gasteiger partial charge in [0, 0.05) is 75.8 Å². The number of H-pyrrole nitrogens is 1. The summed E-state index contributed by atoms with van der Waals surface area (Å²) in [6.45, 7) is 8.52. The van der Waals surface area contributed by atoms with Gasteiger partial charge in [-0.05, 0) is 73.4 Å². The molecule has 2 aliphatic rings. The van der Waals surface area contributed by atoms with Crippen LogP contribution in [0.4, 0.5) is 0 Å². The lowest BCUT2D eigenvalue weighted by Crippen LogP contribution is -2.51. The van der Waals surface area contributed by atoms with E-state index in [-0.39, 0.29) is 33.7 Å². The molecule has 1 saturated heterocycles. The van der Waals surface area contributed by atoms with Crippen LogP contribution in [0.3, 0.4) is 0 Å². The number of phenols is 1. The second-order valence-electron chi connectivity index (χ2n) is 13.9. The van der Waals surface area contributed by atoms with Gasteiger partial charge in [0.2, 0.25) is 15.4 Å². The molecule has 52 heavy (non-hydrogen) atoms. The molecule has 6 rings (SSSR count). The number of nitrogens with one attached hydrogen (secondary N) is 2. The SMILES string of the molecule is C[C@@H](c1ccc(S(=O)(=O)c2cccc(OCCCOCCNC[C@H](O)c3ccc(O)c4[nH]c(=O)ccc34)c2)cc1)N1CCN(C2CCCCC2)CC1. The summed E-state index contributed by atoms with van der Waals surface area (Å²) in [7, 11) is -3.71. The lowest BCUT2D eigenvalue weighted by Gasteiger charge is -2.42. The Labute approximate surface area is 306 Å². The van der Waals surface area contributed by atoms with E-state index in [2.05, 4.69) is 27.0 Å². The number of phenolic OH excluding ortho intramolecular Hbond substituents is 1. The van der Waals surface area contributed by atoms with Gasteiger partial charge in [-0.1, -0.05) is 43.5 Å². The Bertz CT molecular complexity index is 1920. The number of aromatic nitrogens is 1. The van der Waals surface area contributed by atoms with Gasteiger partial charge in [0.25, 0.3) is 0 Å². The van der Waals surface area contributed by atoms with Crippen LogP contribution in [0.5, 0.6) is 11.5 Å². The van der Waals surface area contributed by atoms with Gasteiger partial charge < -0.3 is 30.0 Å². The van der Waals surface area contributed by atoms with Crippen LogP contribution in [0, 0.1) is 0 Å². The van der Waals surface area contributed by atoms with Gasteiger partial charge in [0.1, 0.15) is 11.5 Å². The van der Waals surface area contributed by atoms with Crippen LogP contribution in [0.25, 0.3) is 10.9 Å². The number of fused-ring (bicyclic) bond motifs is 1. The summed E-state index contributed by atoms with van der Waals surface area (Å²) in [6, 6.07) is 21.0. The van der Waals surface area contributed by atoms with Crippen molar-refractivity contribution in [3.05, 3.63) is 94.3 Å². The van der Waals surface area contributed by atoms with E-state index in [4.69, 9.17) is 9.47 Å². The van der Waals surface area contributed by atoms with E-state index in [9.17, 15) is 23.4 Å². The number of piperazine rings is 1. The van der Waals surface area contributed by atoms with Crippen molar-refractivity contribution in [1.29, 1.82) is 0 Å². The molecule has 1 aliphatic heterocycles. The molecule has 2 atom stereocenters. The predicted molar refractivity (Wildman–Crippen MR) is 202 cm³/mol. The maximum Gasteiger partial charge on any atom is 0.248 e. The Morgan fingerprint density at radius 2 is 1.67 bits per heavy atom. The molecule has 1 aliphatic carbocycles. The lowest BCUT2D eigenvalue weighted by molar-refractivity contribution is 0.0602. The molecule has 4 N–H and O–H groups in total. The van der Waals surface area contributed by atoms with E-state index in [0.29, 0.717) is 55.0 Å². The third-order valence-corrected chi connectivity index (χ3v) is 12.3. The molecule has 1 saturated carbocycles. The second-order valence-corrected chi connectivity index (χ2v) is 15.9. The number of hydrogen-bond acceptors (Lipinski definition) is 10. The maximum atomic E-state index is 13.5. The van der Waals surface area contributed by atoms with Crippen LogP contribution in [-0.4, -0.2) is 98.5 Å². The van der Waals surface area contributed by atoms with Crippen molar-refractivity contribution in [2.24, 2.45) is 0 Å². The number of ether oxygens (including phenoxy) is 2. The Morgan fingerprint density at radius 1 is 0.904 bits per heavy atom. The number of aromatic amines is 1. The quantitative estimate of drug-likeness (QED) is 0.114. The minimum absolute atomic E-state index is 0.0498. The van der Waals surface area contributed by atoms with Gasteiger partial charge in [-0.15, -0.1) is 0 Å². The summed E-state index contributed by atoms with van der Waals surface area (Å²) < 4.78 is 38.6. The highest BCUT2D eigenvalue weighted by molar-refractivity contribution is 7.91. The molecule has 0 amide bonds. The van der Waals surface area contributed by atoms with Gasteiger partial charge in [0.05, 0.1) is 34.6 Å².